The van der Waals surface area contributed by atoms with Crippen LogP contribution in [0, 0.1) is 0 Å². The normalized spacial score (nSPS) is 16.0. The van der Waals surface area contributed by atoms with Gasteiger partial charge in [-0.05, 0) is 54.5 Å². The van der Waals surface area contributed by atoms with Crippen LogP contribution in [0.4, 0.5) is 17.1 Å². The highest BCUT2D eigenvalue weighted by molar-refractivity contribution is 5.80. The Balaban J connectivity index is 1.39. The molecule has 4 aromatic rings. The maximum atomic E-state index is 6.31. The van der Waals surface area contributed by atoms with Crippen LogP contribution in [0.15, 0.2) is 127 Å². The zero-order chi connectivity index (χ0) is 21.3. The third kappa shape index (κ3) is 3.21. The third-order valence-electron chi connectivity index (χ3n) is 6.22. The van der Waals surface area contributed by atoms with Crippen molar-refractivity contribution in [2.75, 3.05) is 4.90 Å². The van der Waals surface area contributed by atoms with Crippen LogP contribution in [0.5, 0.6) is 5.75 Å². The zero-order valence-corrected chi connectivity index (χ0v) is 17.7. The number of allylic oxidation sites excluding steroid dienone is 4. The first kappa shape index (κ1) is 18.7. The Bertz CT molecular complexity index is 1260. The second kappa shape index (κ2) is 7.90. The van der Waals surface area contributed by atoms with Gasteiger partial charge in [0.1, 0.15) is 11.5 Å². The number of hydrogen-bond donors (Lipinski definition) is 0. The monoisotopic (exact) mass is 413 g/mol. The van der Waals surface area contributed by atoms with Crippen molar-refractivity contribution in [1.29, 1.82) is 0 Å². The van der Waals surface area contributed by atoms with E-state index in [9.17, 15) is 0 Å². The van der Waals surface area contributed by atoms with Crippen LogP contribution in [0.3, 0.4) is 0 Å². The van der Waals surface area contributed by atoms with Gasteiger partial charge in [0.15, 0.2) is 0 Å². The minimum Gasteiger partial charge on any atom is -0.460 e. The third-order valence-corrected chi connectivity index (χ3v) is 6.22. The fourth-order valence-electron chi connectivity index (χ4n) is 4.67. The summed E-state index contributed by atoms with van der Waals surface area (Å²) < 4.78 is 6.31. The average Bonchev–Trinajstić information content (AvgIpc) is 3.25. The van der Waals surface area contributed by atoms with E-state index in [1.807, 2.05) is 12.1 Å². The molecule has 1 aliphatic carbocycles. The summed E-state index contributed by atoms with van der Waals surface area (Å²) >= 11 is 0. The molecule has 0 saturated heterocycles. The molecule has 2 aliphatic rings. The number of anilines is 3. The molecule has 0 radical (unpaired) electrons. The first-order valence-corrected chi connectivity index (χ1v) is 11.1. The van der Waals surface area contributed by atoms with E-state index in [2.05, 4.69) is 114 Å². The van der Waals surface area contributed by atoms with E-state index in [-0.39, 0.29) is 0 Å². The summed E-state index contributed by atoms with van der Waals surface area (Å²) in [6.45, 7) is 0. The zero-order valence-electron chi connectivity index (χ0n) is 17.7. The topological polar surface area (TPSA) is 12.5 Å². The largest absolute Gasteiger partial charge is 0.460 e. The molecule has 0 N–H and O–H groups in total. The Hall–Kier alpha value is -4.04. The van der Waals surface area contributed by atoms with Crippen molar-refractivity contribution >= 4 is 17.1 Å². The van der Waals surface area contributed by atoms with Crippen LogP contribution in [-0.2, 0) is 0 Å². The molecule has 1 unspecified atom stereocenters. The lowest BCUT2D eigenvalue weighted by molar-refractivity contribution is 0.426. The van der Waals surface area contributed by atoms with Gasteiger partial charge in [-0.25, -0.2) is 0 Å². The molecule has 0 bridgehead atoms. The van der Waals surface area contributed by atoms with Crippen LogP contribution in [0.25, 0.3) is 11.1 Å². The van der Waals surface area contributed by atoms with E-state index in [0.717, 1.165) is 40.6 Å². The quantitative estimate of drug-likeness (QED) is 0.335. The molecule has 0 spiro atoms. The smallest absolute Gasteiger partial charge is 0.138 e. The summed E-state index contributed by atoms with van der Waals surface area (Å²) in [5.41, 5.74) is 7.00. The van der Waals surface area contributed by atoms with Gasteiger partial charge in [0, 0.05) is 34.1 Å². The van der Waals surface area contributed by atoms with Gasteiger partial charge < -0.3 is 9.64 Å². The van der Waals surface area contributed by atoms with Gasteiger partial charge in [0.05, 0.1) is 0 Å². The molecule has 2 nitrogen and oxygen atoms in total. The summed E-state index contributed by atoms with van der Waals surface area (Å²) in [6, 6.07) is 36.3. The van der Waals surface area contributed by atoms with Crippen molar-refractivity contribution in [1.82, 2.24) is 0 Å². The molecule has 0 amide bonds. The molecule has 154 valence electrons. The Morgan fingerprint density at radius 2 is 1.31 bits per heavy atom. The highest BCUT2D eigenvalue weighted by atomic mass is 16.5. The lowest BCUT2D eigenvalue weighted by atomic mass is 9.90. The minimum absolute atomic E-state index is 0.348. The highest BCUT2D eigenvalue weighted by Gasteiger charge is 2.31. The maximum absolute atomic E-state index is 6.31. The van der Waals surface area contributed by atoms with Crippen LogP contribution >= 0.6 is 0 Å². The van der Waals surface area contributed by atoms with Gasteiger partial charge in [-0.15, -0.1) is 0 Å². The van der Waals surface area contributed by atoms with Crippen LogP contribution in [0.2, 0.25) is 0 Å². The van der Waals surface area contributed by atoms with E-state index >= 15 is 0 Å². The van der Waals surface area contributed by atoms with Gasteiger partial charge in [0.2, 0.25) is 0 Å². The number of nitrogens with zero attached hydrogens (tertiary/aromatic N) is 1. The second-order valence-electron chi connectivity index (χ2n) is 8.16. The molecular weight excluding hydrogens is 390 g/mol. The summed E-state index contributed by atoms with van der Waals surface area (Å²) in [5, 5.41) is 0. The summed E-state index contributed by atoms with van der Waals surface area (Å²) in [4.78, 5) is 2.28. The highest BCUT2D eigenvalue weighted by Crippen LogP contribution is 2.49. The average molecular weight is 414 g/mol. The van der Waals surface area contributed by atoms with E-state index in [0.29, 0.717) is 5.92 Å². The lowest BCUT2D eigenvalue weighted by Gasteiger charge is -2.25. The fourth-order valence-corrected chi connectivity index (χ4v) is 4.67. The van der Waals surface area contributed by atoms with Gasteiger partial charge in [-0.2, -0.15) is 0 Å². The van der Waals surface area contributed by atoms with Crippen molar-refractivity contribution in [2.24, 2.45) is 0 Å². The number of hydrogen-bond acceptors (Lipinski definition) is 2. The first-order valence-electron chi connectivity index (χ1n) is 11.1. The van der Waals surface area contributed by atoms with Gasteiger partial charge in [-0.3, -0.25) is 0 Å². The molecule has 32 heavy (non-hydrogen) atoms. The van der Waals surface area contributed by atoms with Crippen LogP contribution < -0.4 is 9.64 Å². The lowest BCUT2D eigenvalue weighted by Crippen LogP contribution is -2.09. The van der Waals surface area contributed by atoms with Gasteiger partial charge in [-0.1, -0.05) is 78.9 Å². The Morgan fingerprint density at radius 3 is 2.00 bits per heavy atom. The van der Waals surface area contributed by atoms with Crippen molar-refractivity contribution in [2.45, 2.75) is 12.3 Å². The maximum Gasteiger partial charge on any atom is 0.138 e. The number of para-hydroxylation sites is 3. The summed E-state index contributed by atoms with van der Waals surface area (Å²) in [7, 11) is 0. The number of fused-ring (bicyclic) bond motifs is 3. The van der Waals surface area contributed by atoms with E-state index in [1.54, 1.807) is 0 Å². The standard InChI is InChI=1S/C30H23NO/c1-3-10-23(11-4-1)31(24-12-5-2-6-13-24)25-20-18-22(19-21-25)26-15-9-16-28-27-14-7-8-17-29(27)32-30(26)28/h1-13,15-21,27H,14H2. The predicted octanol–water partition coefficient (Wildman–Crippen LogP) is 8.14. The predicted molar refractivity (Wildman–Crippen MR) is 132 cm³/mol. The van der Waals surface area contributed by atoms with Gasteiger partial charge in [0.25, 0.3) is 0 Å². The van der Waals surface area contributed by atoms with Crippen LogP contribution in [0.1, 0.15) is 17.9 Å². The first-order chi connectivity index (χ1) is 15.9. The molecule has 0 fully saturated rings. The van der Waals surface area contributed by atoms with Crippen molar-refractivity contribution < 1.29 is 4.74 Å². The molecule has 1 aliphatic heterocycles. The van der Waals surface area contributed by atoms with Gasteiger partial charge >= 0.3 is 0 Å². The molecule has 4 aromatic carbocycles. The fraction of sp³-hybridized carbons (Fsp3) is 0.0667. The molecule has 6 rings (SSSR count). The van der Waals surface area contributed by atoms with Crippen molar-refractivity contribution in [3.63, 3.8) is 0 Å². The molecule has 1 heterocycles. The Kier molecular flexibility index (Phi) is 4.62. The number of rotatable bonds is 4. The van der Waals surface area contributed by atoms with E-state index in [1.165, 1.54) is 11.1 Å². The minimum atomic E-state index is 0.348. The van der Waals surface area contributed by atoms with Crippen molar-refractivity contribution in [3.8, 4) is 16.9 Å². The van der Waals surface area contributed by atoms with E-state index < -0.39 is 0 Å². The summed E-state index contributed by atoms with van der Waals surface area (Å²) in [6.07, 6.45) is 7.41. The Labute approximate surface area is 188 Å². The number of ether oxygens (including phenoxy) is 1. The molecule has 2 heteroatoms. The molecule has 0 saturated carbocycles. The van der Waals surface area contributed by atoms with Crippen molar-refractivity contribution in [3.05, 3.63) is 133 Å². The van der Waals surface area contributed by atoms with E-state index in [4.69, 9.17) is 4.74 Å². The van der Waals surface area contributed by atoms with Crippen LogP contribution in [-0.4, -0.2) is 0 Å². The molecule has 0 aromatic heterocycles. The summed E-state index contributed by atoms with van der Waals surface area (Å²) in [5.74, 6) is 2.41. The molecular formula is C30H23NO. The SMILES string of the molecule is C1=CCC2C(=C1)Oc1c(-c3ccc(N(c4ccccc4)c4ccccc4)cc3)cccc12. The second-order valence-corrected chi connectivity index (χ2v) is 8.16. The number of benzene rings is 4. The Morgan fingerprint density at radius 1 is 0.656 bits per heavy atom. The molecule has 1 atom stereocenters.